The van der Waals surface area contributed by atoms with Crippen LogP contribution in [0.5, 0.6) is 0 Å². The number of carbonyl (C=O) groups excluding carboxylic acids is 1. The molecule has 0 aliphatic heterocycles. The molecular weight excluding hydrogens is 326 g/mol. The third-order valence-corrected chi connectivity index (χ3v) is 4.60. The minimum absolute atomic E-state index is 0.0230. The Kier molecular flexibility index (Phi) is 5.21. The van der Waals surface area contributed by atoms with Gasteiger partial charge in [0.05, 0.1) is 5.39 Å². The van der Waals surface area contributed by atoms with Crippen molar-refractivity contribution in [3.8, 4) is 11.4 Å². The first-order valence-corrected chi connectivity index (χ1v) is 8.93. The molecule has 0 radical (unpaired) electrons. The van der Waals surface area contributed by atoms with Gasteiger partial charge in [-0.3, -0.25) is 4.79 Å². The molecule has 0 unspecified atom stereocenters. The molecular formula is C20H25N5O. The fraction of sp³-hybridized carbons (Fsp3) is 0.350. The molecule has 0 spiro atoms. The Bertz CT molecular complexity index is 917. The first kappa shape index (κ1) is 17.9. The number of benzene rings is 1. The highest BCUT2D eigenvalue weighted by atomic mass is 16.1. The number of aromatic amines is 1. The van der Waals surface area contributed by atoms with Crippen molar-refractivity contribution in [2.24, 2.45) is 0 Å². The van der Waals surface area contributed by atoms with Gasteiger partial charge in [-0.1, -0.05) is 37.3 Å². The van der Waals surface area contributed by atoms with Gasteiger partial charge in [0.25, 0.3) is 0 Å². The first-order valence-electron chi connectivity index (χ1n) is 8.93. The predicted molar refractivity (Wildman–Crippen MR) is 105 cm³/mol. The van der Waals surface area contributed by atoms with Crippen LogP contribution in [0.3, 0.4) is 0 Å². The Morgan fingerprint density at radius 2 is 1.92 bits per heavy atom. The average molecular weight is 351 g/mol. The van der Waals surface area contributed by atoms with Gasteiger partial charge in [-0.05, 0) is 25.8 Å². The zero-order chi connectivity index (χ0) is 18.7. The lowest BCUT2D eigenvalue weighted by Crippen LogP contribution is -2.38. The van der Waals surface area contributed by atoms with E-state index in [4.69, 9.17) is 9.97 Å². The van der Waals surface area contributed by atoms with Crippen LogP contribution in [0.2, 0.25) is 0 Å². The molecule has 2 heterocycles. The van der Waals surface area contributed by atoms with Gasteiger partial charge < -0.3 is 15.6 Å². The largest absolute Gasteiger partial charge is 0.367 e. The summed E-state index contributed by atoms with van der Waals surface area (Å²) in [4.78, 5) is 24.2. The Morgan fingerprint density at radius 3 is 2.58 bits per heavy atom. The number of hydrogen-bond donors (Lipinski definition) is 3. The van der Waals surface area contributed by atoms with Crippen LogP contribution in [0.4, 0.5) is 5.82 Å². The van der Waals surface area contributed by atoms with E-state index in [1.807, 2.05) is 37.3 Å². The lowest BCUT2D eigenvalue weighted by Gasteiger charge is -2.17. The van der Waals surface area contributed by atoms with Crippen LogP contribution in [0.1, 0.15) is 31.5 Å². The van der Waals surface area contributed by atoms with Gasteiger partial charge in [0.1, 0.15) is 11.5 Å². The molecule has 0 saturated carbocycles. The van der Waals surface area contributed by atoms with E-state index < -0.39 is 0 Å². The van der Waals surface area contributed by atoms with Crippen LogP contribution in [0.15, 0.2) is 30.3 Å². The Morgan fingerprint density at radius 1 is 1.19 bits per heavy atom. The standard InChI is InChI=1S/C20H25N5O/c1-5-16(23-14(4)26)11-21-19-17-12(2)13(3)22-20(17)25-18(24-19)15-9-7-6-8-10-15/h6-10,16H,5,11H2,1-4H3,(H,23,26)(H2,21,22,24,25)/t16-/m0/s1. The second-order valence-electron chi connectivity index (χ2n) is 6.55. The summed E-state index contributed by atoms with van der Waals surface area (Å²) >= 11 is 0. The molecule has 3 rings (SSSR count). The van der Waals surface area contributed by atoms with Crippen molar-refractivity contribution in [3.63, 3.8) is 0 Å². The third-order valence-electron chi connectivity index (χ3n) is 4.60. The van der Waals surface area contributed by atoms with Crippen molar-refractivity contribution in [1.82, 2.24) is 20.3 Å². The van der Waals surface area contributed by atoms with Crippen LogP contribution in [0, 0.1) is 13.8 Å². The van der Waals surface area contributed by atoms with E-state index in [0.717, 1.165) is 40.1 Å². The minimum atomic E-state index is -0.0230. The molecule has 26 heavy (non-hydrogen) atoms. The normalized spacial score (nSPS) is 12.2. The number of aromatic nitrogens is 3. The summed E-state index contributed by atoms with van der Waals surface area (Å²) in [6.45, 7) is 8.31. The van der Waals surface area contributed by atoms with Gasteiger partial charge in [0.15, 0.2) is 5.82 Å². The van der Waals surface area contributed by atoms with Crippen molar-refractivity contribution >= 4 is 22.8 Å². The lowest BCUT2D eigenvalue weighted by molar-refractivity contribution is -0.119. The van der Waals surface area contributed by atoms with E-state index in [2.05, 4.69) is 29.5 Å². The summed E-state index contributed by atoms with van der Waals surface area (Å²) in [7, 11) is 0. The quantitative estimate of drug-likeness (QED) is 0.634. The zero-order valence-electron chi connectivity index (χ0n) is 15.7. The Balaban J connectivity index is 2.00. The second-order valence-corrected chi connectivity index (χ2v) is 6.55. The molecule has 0 aliphatic rings. The van der Waals surface area contributed by atoms with Crippen molar-refractivity contribution < 1.29 is 4.79 Å². The van der Waals surface area contributed by atoms with Crippen LogP contribution in [-0.4, -0.2) is 33.4 Å². The number of hydrogen-bond acceptors (Lipinski definition) is 4. The maximum Gasteiger partial charge on any atom is 0.217 e. The molecule has 3 N–H and O–H groups in total. The van der Waals surface area contributed by atoms with Gasteiger partial charge in [0, 0.05) is 30.8 Å². The van der Waals surface area contributed by atoms with Gasteiger partial charge >= 0.3 is 0 Å². The molecule has 1 amide bonds. The highest BCUT2D eigenvalue weighted by Crippen LogP contribution is 2.29. The molecule has 3 aromatic rings. The lowest BCUT2D eigenvalue weighted by atomic mass is 10.1. The van der Waals surface area contributed by atoms with Crippen molar-refractivity contribution in [2.75, 3.05) is 11.9 Å². The van der Waals surface area contributed by atoms with Gasteiger partial charge in [-0.2, -0.15) is 0 Å². The maximum atomic E-state index is 11.4. The van der Waals surface area contributed by atoms with Crippen molar-refractivity contribution in [1.29, 1.82) is 0 Å². The van der Waals surface area contributed by atoms with E-state index in [9.17, 15) is 4.79 Å². The topological polar surface area (TPSA) is 82.7 Å². The van der Waals surface area contributed by atoms with E-state index in [1.54, 1.807) is 6.92 Å². The highest BCUT2D eigenvalue weighted by molar-refractivity contribution is 5.92. The summed E-state index contributed by atoms with van der Waals surface area (Å²) in [6, 6.07) is 9.98. The smallest absolute Gasteiger partial charge is 0.217 e. The number of nitrogens with zero attached hydrogens (tertiary/aromatic N) is 2. The van der Waals surface area contributed by atoms with E-state index in [0.29, 0.717) is 12.4 Å². The fourth-order valence-electron chi connectivity index (χ4n) is 3.01. The molecule has 1 atom stereocenters. The maximum absolute atomic E-state index is 11.4. The number of fused-ring (bicyclic) bond motifs is 1. The average Bonchev–Trinajstić information content (AvgIpc) is 2.93. The summed E-state index contributed by atoms with van der Waals surface area (Å²) in [6.07, 6.45) is 0.845. The van der Waals surface area contributed by atoms with Gasteiger partial charge in [-0.15, -0.1) is 0 Å². The van der Waals surface area contributed by atoms with Crippen LogP contribution in [0.25, 0.3) is 22.4 Å². The molecule has 0 fully saturated rings. The fourth-order valence-corrected chi connectivity index (χ4v) is 3.01. The van der Waals surface area contributed by atoms with Crippen LogP contribution >= 0.6 is 0 Å². The van der Waals surface area contributed by atoms with E-state index >= 15 is 0 Å². The number of anilines is 1. The molecule has 0 aliphatic carbocycles. The van der Waals surface area contributed by atoms with E-state index in [1.165, 1.54) is 0 Å². The molecule has 6 nitrogen and oxygen atoms in total. The summed E-state index contributed by atoms with van der Waals surface area (Å²) < 4.78 is 0. The molecule has 6 heteroatoms. The number of aryl methyl sites for hydroxylation is 2. The number of amides is 1. The first-order chi connectivity index (χ1) is 12.5. The van der Waals surface area contributed by atoms with Crippen molar-refractivity contribution in [2.45, 2.75) is 40.2 Å². The molecule has 2 aromatic heterocycles. The summed E-state index contributed by atoms with van der Waals surface area (Å²) in [5, 5.41) is 7.38. The Hall–Kier alpha value is -2.89. The van der Waals surface area contributed by atoms with Gasteiger partial charge in [0.2, 0.25) is 5.91 Å². The molecule has 1 aromatic carbocycles. The monoisotopic (exact) mass is 351 g/mol. The molecule has 136 valence electrons. The summed E-state index contributed by atoms with van der Waals surface area (Å²) in [5.74, 6) is 1.44. The van der Waals surface area contributed by atoms with Crippen LogP contribution in [-0.2, 0) is 4.79 Å². The van der Waals surface area contributed by atoms with Crippen LogP contribution < -0.4 is 10.6 Å². The number of carbonyl (C=O) groups is 1. The number of nitrogens with one attached hydrogen (secondary N) is 3. The summed E-state index contributed by atoms with van der Waals surface area (Å²) in [5.41, 5.74) is 4.01. The number of H-pyrrole nitrogens is 1. The second kappa shape index (κ2) is 7.56. The Labute approximate surface area is 153 Å². The highest BCUT2D eigenvalue weighted by Gasteiger charge is 2.16. The number of rotatable bonds is 6. The SMILES string of the molecule is CC[C@@H](CNc1nc(-c2ccccc2)nc2[nH]c(C)c(C)c12)NC(C)=O. The predicted octanol–water partition coefficient (Wildman–Crippen LogP) is 3.57. The minimum Gasteiger partial charge on any atom is -0.367 e. The van der Waals surface area contributed by atoms with Crippen molar-refractivity contribution in [3.05, 3.63) is 41.6 Å². The molecule has 0 saturated heterocycles. The zero-order valence-corrected chi connectivity index (χ0v) is 15.7. The van der Waals surface area contributed by atoms with Gasteiger partial charge in [-0.25, -0.2) is 9.97 Å². The third kappa shape index (κ3) is 3.69. The van der Waals surface area contributed by atoms with E-state index in [-0.39, 0.29) is 11.9 Å². The molecule has 0 bridgehead atoms.